The maximum atomic E-state index is 12.3. The second-order valence-electron chi connectivity index (χ2n) is 3.95. The fraction of sp³-hybridized carbons (Fsp3) is 1.00. The van der Waals surface area contributed by atoms with Crippen molar-refractivity contribution in [3.8, 4) is 0 Å². The summed E-state index contributed by atoms with van der Waals surface area (Å²) in [6.07, 6.45) is -4.52. The highest BCUT2D eigenvalue weighted by Crippen LogP contribution is 2.18. The second kappa shape index (κ2) is 7.09. The van der Waals surface area contributed by atoms with Crippen molar-refractivity contribution in [2.24, 2.45) is 5.73 Å². The van der Waals surface area contributed by atoms with Gasteiger partial charge >= 0.3 is 6.18 Å². The molecule has 0 saturated heterocycles. The van der Waals surface area contributed by atoms with E-state index in [1.54, 1.807) is 20.8 Å². The summed E-state index contributed by atoms with van der Waals surface area (Å²) in [6.45, 7) is 5.23. The molecule has 1 unspecified atom stereocenters. The zero-order valence-electron chi connectivity index (χ0n) is 10.0. The van der Waals surface area contributed by atoms with Gasteiger partial charge in [0.05, 0.1) is 12.6 Å². The molecule has 0 amide bonds. The Morgan fingerprint density at radius 2 is 1.88 bits per heavy atom. The highest BCUT2D eigenvalue weighted by atomic mass is 19.4. The third-order valence-corrected chi connectivity index (χ3v) is 2.22. The van der Waals surface area contributed by atoms with Crippen LogP contribution in [-0.2, 0) is 4.74 Å². The molecule has 3 nitrogen and oxygen atoms in total. The van der Waals surface area contributed by atoms with Crippen LogP contribution >= 0.6 is 0 Å². The summed E-state index contributed by atoms with van der Waals surface area (Å²) in [6, 6.07) is -0.184. The standard InChI is InChI=1S/C10H21F3N2O/c1-4-16-9(5-14)6-15(8(2)3)7-10(11,12)13/h8-9H,4-7,14H2,1-3H3. The molecule has 0 spiro atoms. The Kier molecular flexibility index (Phi) is 6.94. The zero-order valence-corrected chi connectivity index (χ0v) is 10.0. The van der Waals surface area contributed by atoms with Crippen LogP contribution < -0.4 is 5.73 Å². The second-order valence-corrected chi connectivity index (χ2v) is 3.95. The maximum absolute atomic E-state index is 12.3. The van der Waals surface area contributed by atoms with E-state index in [0.717, 1.165) is 0 Å². The molecule has 0 aliphatic rings. The van der Waals surface area contributed by atoms with E-state index in [2.05, 4.69) is 0 Å². The predicted molar refractivity (Wildman–Crippen MR) is 57.2 cm³/mol. The van der Waals surface area contributed by atoms with E-state index in [4.69, 9.17) is 10.5 Å². The molecule has 0 radical (unpaired) electrons. The Bertz CT molecular complexity index is 185. The van der Waals surface area contributed by atoms with Gasteiger partial charge in [0.2, 0.25) is 0 Å². The molecule has 2 N–H and O–H groups in total. The Balaban J connectivity index is 4.31. The minimum absolute atomic E-state index is 0.184. The van der Waals surface area contributed by atoms with Gasteiger partial charge in [-0.05, 0) is 20.8 Å². The van der Waals surface area contributed by atoms with Crippen molar-refractivity contribution in [3.63, 3.8) is 0 Å². The molecule has 98 valence electrons. The quantitative estimate of drug-likeness (QED) is 0.737. The lowest BCUT2D eigenvalue weighted by atomic mass is 10.2. The summed E-state index contributed by atoms with van der Waals surface area (Å²) in [5, 5.41) is 0. The highest BCUT2D eigenvalue weighted by molar-refractivity contribution is 4.72. The van der Waals surface area contributed by atoms with Gasteiger partial charge in [-0.1, -0.05) is 0 Å². The number of halogens is 3. The normalized spacial score (nSPS) is 14.8. The van der Waals surface area contributed by atoms with Crippen LogP contribution in [-0.4, -0.2) is 49.5 Å². The van der Waals surface area contributed by atoms with Crippen LogP contribution in [0, 0.1) is 0 Å². The maximum Gasteiger partial charge on any atom is 0.401 e. The molecule has 0 aliphatic carbocycles. The molecule has 1 atom stereocenters. The van der Waals surface area contributed by atoms with Crippen LogP contribution in [0.1, 0.15) is 20.8 Å². The van der Waals surface area contributed by atoms with E-state index >= 15 is 0 Å². The van der Waals surface area contributed by atoms with E-state index in [1.807, 2.05) is 0 Å². The van der Waals surface area contributed by atoms with Crippen LogP contribution in [0.5, 0.6) is 0 Å². The van der Waals surface area contributed by atoms with E-state index in [0.29, 0.717) is 6.61 Å². The Hall–Kier alpha value is -0.330. The number of alkyl halides is 3. The Morgan fingerprint density at radius 3 is 2.19 bits per heavy atom. The fourth-order valence-corrected chi connectivity index (χ4v) is 1.38. The SMILES string of the molecule is CCOC(CN)CN(CC(F)(F)F)C(C)C. The molecule has 0 bridgehead atoms. The van der Waals surface area contributed by atoms with Crippen molar-refractivity contribution in [2.45, 2.75) is 39.1 Å². The molecule has 0 aromatic carbocycles. The smallest absolute Gasteiger partial charge is 0.376 e. The van der Waals surface area contributed by atoms with Crippen molar-refractivity contribution < 1.29 is 17.9 Å². The predicted octanol–water partition coefficient (Wildman–Crippen LogP) is 1.62. The largest absolute Gasteiger partial charge is 0.401 e. The van der Waals surface area contributed by atoms with Crippen molar-refractivity contribution in [3.05, 3.63) is 0 Å². The van der Waals surface area contributed by atoms with Crippen molar-refractivity contribution in [1.82, 2.24) is 4.90 Å². The third-order valence-electron chi connectivity index (χ3n) is 2.22. The van der Waals surface area contributed by atoms with Gasteiger partial charge in [-0.25, -0.2) is 0 Å². The van der Waals surface area contributed by atoms with Gasteiger partial charge in [0.25, 0.3) is 0 Å². The lowest BCUT2D eigenvalue weighted by molar-refractivity contribution is -0.153. The molecule has 0 aromatic rings. The molecule has 0 rings (SSSR count). The monoisotopic (exact) mass is 242 g/mol. The first-order chi connectivity index (χ1) is 7.30. The van der Waals surface area contributed by atoms with Crippen LogP contribution in [0.25, 0.3) is 0 Å². The van der Waals surface area contributed by atoms with Crippen LogP contribution in [0.3, 0.4) is 0 Å². The first kappa shape index (κ1) is 15.7. The molecule has 6 heteroatoms. The molecule has 0 aliphatic heterocycles. The van der Waals surface area contributed by atoms with Crippen LogP contribution in [0.2, 0.25) is 0 Å². The Labute approximate surface area is 94.7 Å². The van der Waals surface area contributed by atoms with Gasteiger partial charge in [-0.2, -0.15) is 13.2 Å². The highest BCUT2D eigenvalue weighted by Gasteiger charge is 2.32. The Morgan fingerprint density at radius 1 is 1.31 bits per heavy atom. The molecule has 0 aromatic heterocycles. The number of hydrogen-bond donors (Lipinski definition) is 1. The average Bonchev–Trinajstić information content (AvgIpc) is 2.13. The summed E-state index contributed by atoms with van der Waals surface area (Å²) in [7, 11) is 0. The molecule has 0 fully saturated rings. The summed E-state index contributed by atoms with van der Waals surface area (Å²) in [5.74, 6) is 0. The van der Waals surface area contributed by atoms with E-state index in [1.165, 1.54) is 4.90 Å². The fourth-order valence-electron chi connectivity index (χ4n) is 1.38. The van der Waals surface area contributed by atoms with Crippen LogP contribution in [0.15, 0.2) is 0 Å². The number of ether oxygens (including phenoxy) is 1. The average molecular weight is 242 g/mol. The zero-order chi connectivity index (χ0) is 12.8. The number of nitrogens with two attached hydrogens (primary N) is 1. The summed E-state index contributed by atoms with van der Waals surface area (Å²) >= 11 is 0. The number of hydrogen-bond acceptors (Lipinski definition) is 3. The van der Waals surface area contributed by atoms with Crippen molar-refractivity contribution in [2.75, 3.05) is 26.2 Å². The van der Waals surface area contributed by atoms with E-state index in [9.17, 15) is 13.2 Å². The van der Waals surface area contributed by atoms with Crippen molar-refractivity contribution in [1.29, 1.82) is 0 Å². The summed E-state index contributed by atoms with van der Waals surface area (Å²) in [5.41, 5.74) is 5.44. The molecular weight excluding hydrogens is 221 g/mol. The third kappa shape index (κ3) is 7.03. The summed E-state index contributed by atoms with van der Waals surface area (Å²) in [4.78, 5) is 1.33. The van der Waals surface area contributed by atoms with Crippen molar-refractivity contribution >= 4 is 0 Å². The first-order valence-corrected chi connectivity index (χ1v) is 5.42. The topological polar surface area (TPSA) is 38.5 Å². The molecular formula is C10H21F3N2O. The first-order valence-electron chi connectivity index (χ1n) is 5.42. The van der Waals surface area contributed by atoms with Gasteiger partial charge in [-0.3, -0.25) is 4.90 Å². The molecule has 0 saturated carbocycles. The summed E-state index contributed by atoms with van der Waals surface area (Å²) < 4.78 is 42.1. The minimum atomic E-state index is -4.18. The molecule has 16 heavy (non-hydrogen) atoms. The molecule has 0 heterocycles. The van der Waals surface area contributed by atoms with Gasteiger partial charge < -0.3 is 10.5 Å². The van der Waals surface area contributed by atoms with Gasteiger partial charge in [0.1, 0.15) is 0 Å². The van der Waals surface area contributed by atoms with Crippen LogP contribution in [0.4, 0.5) is 13.2 Å². The number of rotatable bonds is 7. The number of nitrogens with zero attached hydrogens (tertiary/aromatic N) is 1. The van der Waals surface area contributed by atoms with Gasteiger partial charge in [0, 0.05) is 25.7 Å². The lowest BCUT2D eigenvalue weighted by Crippen LogP contribution is -2.45. The minimum Gasteiger partial charge on any atom is -0.376 e. The van der Waals surface area contributed by atoms with Gasteiger partial charge in [0.15, 0.2) is 0 Å². The lowest BCUT2D eigenvalue weighted by Gasteiger charge is -2.30. The van der Waals surface area contributed by atoms with E-state index in [-0.39, 0.29) is 25.2 Å². The van der Waals surface area contributed by atoms with E-state index < -0.39 is 12.7 Å². The van der Waals surface area contributed by atoms with Gasteiger partial charge in [-0.15, -0.1) is 0 Å².